The Balaban J connectivity index is 1.49. The third-order valence-electron chi connectivity index (χ3n) is 8.77. The monoisotopic (exact) mass is 463 g/mol. The molecule has 1 amide bonds. The summed E-state index contributed by atoms with van der Waals surface area (Å²) in [5.74, 6) is -2.42. The highest BCUT2D eigenvalue weighted by atomic mass is 19.3. The molecule has 2 saturated carbocycles. The zero-order valence-electron chi connectivity index (χ0n) is 19.7. The van der Waals surface area contributed by atoms with E-state index in [0.717, 1.165) is 24.8 Å². The van der Waals surface area contributed by atoms with Gasteiger partial charge in [0.1, 0.15) is 0 Å². The number of carbonyl (C=O) groups is 1. The fourth-order valence-electron chi connectivity index (χ4n) is 7.19. The summed E-state index contributed by atoms with van der Waals surface area (Å²) in [6, 6.07) is 5.60. The van der Waals surface area contributed by atoms with Crippen molar-refractivity contribution in [2.24, 2.45) is 23.2 Å². The van der Waals surface area contributed by atoms with Crippen molar-refractivity contribution in [2.45, 2.75) is 70.1 Å². The molecule has 3 aliphatic rings. The van der Waals surface area contributed by atoms with Gasteiger partial charge >= 0.3 is 7.12 Å². The van der Waals surface area contributed by atoms with Crippen molar-refractivity contribution in [1.82, 2.24) is 5.32 Å². The lowest BCUT2D eigenvalue weighted by Crippen LogP contribution is -2.47. The zero-order chi connectivity index (χ0) is 23.8. The average Bonchev–Trinajstić information content (AvgIpc) is 2.98. The summed E-state index contributed by atoms with van der Waals surface area (Å²) < 4.78 is 35.6. The van der Waals surface area contributed by atoms with Gasteiger partial charge in [0.05, 0.1) is 6.61 Å². The number of carbonyl (C=O) groups excluding carboxylic acids is 1. The van der Waals surface area contributed by atoms with Crippen molar-refractivity contribution in [2.75, 3.05) is 20.3 Å². The van der Waals surface area contributed by atoms with Gasteiger partial charge < -0.3 is 20.1 Å². The summed E-state index contributed by atoms with van der Waals surface area (Å²) in [5, 5.41) is 21.9. The highest BCUT2D eigenvalue weighted by Crippen LogP contribution is 2.68. The second-order valence-electron chi connectivity index (χ2n) is 10.5. The molecule has 3 aliphatic carbocycles. The van der Waals surface area contributed by atoms with E-state index in [0.29, 0.717) is 44.3 Å². The number of halogens is 2. The molecule has 0 aromatic heterocycles. The summed E-state index contributed by atoms with van der Waals surface area (Å²) in [6.07, 6.45) is 4.44. The van der Waals surface area contributed by atoms with Crippen LogP contribution in [0.5, 0.6) is 0 Å². The largest absolute Gasteiger partial charge is 0.488 e. The first-order chi connectivity index (χ1) is 15.7. The van der Waals surface area contributed by atoms with Gasteiger partial charge in [-0.2, -0.15) is 0 Å². The van der Waals surface area contributed by atoms with Crippen LogP contribution in [0.4, 0.5) is 8.78 Å². The fraction of sp³-hybridized carbons (Fsp3) is 0.720. The maximum atomic E-state index is 15.4. The van der Waals surface area contributed by atoms with Gasteiger partial charge in [-0.25, -0.2) is 8.78 Å². The van der Waals surface area contributed by atoms with E-state index in [2.05, 4.69) is 5.32 Å². The molecule has 0 unspecified atom stereocenters. The number of alkyl halides is 2. The van der Waals surface area contributed by atoms with Crippen LogP contribution in [0.1, 0.15) is 68.9 Å². The predicted octanol–water partition coefficient (Wildman–Crippen LogP) is 3.02. The van der Waals surface area contributed by atoms with Crippen molar-refractivity contribution in [1.29, 1.82) is 0 Å². The first-order valence-electron chi connectivity index (χ1n) is 12.3. The number of amides is 1. The molecule has 4 rings (SSSR count). The normalized spacial score (nSPS) is 31.9. The molecule has 2 fully saturated rings. The van der Waals surface area contributed by atoms with E-state index in [1.807, 2.05) is 12.1 Å². The van der Waals surface area contributed by atoms with Gasteiger partial charge in [0, 0.05) is 31.9 Å². The molecule has 0 heterocycles. The van der Waals surface area contributed by atoms with Crippen LogP contribution in [0.25, 0.3) is 0 Å². The van der Waals surface area contributed by atoms with E-state index in [1.54, 1.807) is 20.1 Å². The number of methoxy groups -OCH3 is 1. The van der Waals surface area contributed by atoms with Crippen LogP contribution in [0.15, 0.2) is 18.2 Å². The molecule has 0 spiro atoms. The molecule has 182 valence electrons. The molecule has 0 aliphatic heterocycles. The van der Waals surface area contributed by atoms with Gasteiger partial charge in [-0.3, -0.25) is 4.79 Å². The van der Waals surface area contributed by atoms with Crippen molar-refractivity contribution in [3.05, 3.63) is 29.3 Å². The van der Waals surface area contributed by atoms with Crippen LogP contribution < -0.4 is 10.8 Å². The Hall–Kier alpha value is -1.51. The van der Waals surface area contributed by atoms with Crippen molar-refractivity contribution >= 4 is 18.5 Å². The Labute approximate surface area is 195 Å². The molecule has 0 saturated heterocycles. The minimum atomic E-state index is -2.68. The standard InChI is InChI=1S/C25H36BF2NO4/c1-24-11-10-20-19-9-7-18(26(31)32)14-16(19)6-8-21(20)23(24)17(15-25(24,27)28)4-3-5-22(30)29-12-13-33-2/h7,9,14,17,20-21,23,31-32H,3-6,8,10-13,15H2,1-2H3,(H,29,30)/t17-,20+,21+,23-,24-/m0/s1. The second-order valence-corrected chi connectivity index (χ2v) is 10.5. The number of nitrogens with one attached hydrogen (secondary N) is 1. The second kappa shape index (κ2) is 9.63. The highest BCUT2D eigenvalue weighted by molar-refractivity contribution is 6.58. The lowest BCUT2D eigenvalue weighted by atomic mass is 9.53. The predicted molar refractivity (Wildman–Crippen MR) is 123 cm³/mol. The van der Waals surface area contributed by atoms with Crippen LogP contribution in [-0.2, 0) is 16.0 Å². The minimum absolute atomic E-state index is 0.0467. The summed E-state index contributed by atoms with van der Waals surface area (Å²) in [7, 11) is 0.0895. The summed E-state index contributed by atoms with van der Waals surface area (Å²) >= 11 is 0. The number of fused-ring (bicyclic) bond motifs is 5. The average molecular weight is 463 g/mol. The molecule has 5 nitrogen and oxygen atoms in total. The number of rotatable bonds is 8. The number of ether oxygens (including phenoxy) is 1. The van der Waals surface area contributed by atoms with Crippen LogP contribution in [0.2, 0.25) is 0 Å². The van der Waals surface area contributed by atoms with E-state index in [4.69, 9.17) is 4.74 Å². The number of benzene rings is 1. The van der Waals surface area contributed by atoms with Gasteiger partial charge in [0.15, 0.2) is 0 Å². The Morgan fingerprint density at radius 2 is 2.09 bits per heavy atom. The van der Waals surface area contributed by atoms with Crippen LogP contribution >= 0.6 is 0 Å². The summed E-state index contributed by atoms with van der Waals surface area (Å²) in [5.41, 5.74) is 1.82. The van der Waals surface area contributed by atoms with Gasteiger partial charge in [0.2, 0.25) is 5.91 Å². The summed E-state index contributed by atoms with van der Waals surface area (Å²) in [4.78, 5) is 12.1. The smallest absolute Gasteiger partial charge is 0.423 e. The fourth-order valence-corrected chi connectivity index (χ4v) is 7.19. The topological polar surface area (TPSA) is 78.8 Å². The lowest BCUT2D eigenvalue weighted by molar-refractivity contribution is -0.133. The maximum absolute atomic E-state index is 15.4. The highest BCUT2D eigenvalue weighted by Gasteiger charge is 2.67. The number of aryl methyl sites for hydroxylation is 1. The van der Waals surface area contributed by atoms with E-state index in [9.17, 15) is 14.8 Å². The lowest BCUT2D eigenvalue weighted by Gasteiger charge is -2.51. The van der Waals surface area contributed by atoms with Gasteiger partial charge in [-0.05, 0) is 78.8 Å². The molecule has 0 radical (unpaired) electrons. The van der Waals surface area contributed by atoms with Crippen molar-refractivity contribution in [3.8, 4) is 0 Å². The quantitative estimate of drug-likeness (QED) is 0.409. The van der Waals surface area contributed by atoms with Gasteiger partial charge in [0.25, 0.3) is 5.92 Å². The first kappa shape index (κ1) is 24.6. The Morgan fingerprint density at radius 3 is 2.82 bits per heavy atom. The molecule has 1 aromatic carbocycles. The Morgan fingerprint density at radius 1 is 1.30 bits per heavy atom. The van der Waals surface area contributed by atoms with Crippen LogP contribution in [0.3, 0.4) is 0 Å². The molecule has 33 heavy (non-hydrogen) atoms. The Bertz CT molecular complexity index is 867. The molecule has 8 heteroatoms. The minimum Gasteiger partial charge on any atom is -0.423 e. The maximum Gasteiger partial charge on any atom is 0.488 e. The molecule has 3 N–H and O–H groups in total. The molecular weight excluding hydrogens is 427 g/mol. The Kier molecular flexibility index (Phi) is 7.18. The third-order valence-corrected chi connectivity index (χ3v) is 8.77. The van der Waals surface area contributed by atoms with E-state index in [1.165, 1.54) is 5.56 Å². The van der Waals surface area contributed by atoms with E-state index in [-0.39, 0.29) is 36.0 Å². The van der Waals surface area contributed by atoms with Crippen molar-refractivity contribution in [3.63, 3.8) is 0 Å². The van der Waals surface area contributed by atoms with E-state index < -0.39 is 18.5 Å². The van der Waals surface area contributed by atoms with Crippen molar-refractivity contribution < 1.29 is 28.4 Å². The van der Waals surface area contributed by atoms with Gasteiger partial charge in [-0.15, -0.1) is 0 Å². The van der Waals surface area contributed by atoms with Gasteiger partial charge in [-0.1, -0.05) is 25.1 Å². The summed E-state index contributed by atoms with van der Waals surface area (Å²) in [6.45, 7) is 2.73. The number of hydrogen-bond acceptors (Lipinski definition) is 4. The molecule has 0 bridgehead atoms. The molecule has 1 aromatic rings. The number of hydrogen-bond donors (Lipinski definition) is 3. The SMILES string of the molecule is COCCNC(=O)CCC[C@H]1CC(F)(F)[C@@]2(C)CC[C@@H]3c4ccc(B(O)O)cc4CC[C@H]3[C@H]12. The molecule has 5 atom stereocenters. The van der Waals surface area contributed by atoms with E-state index >= 15 is 8.78 Å². The zero-order valence-corrected chi connectivity index (χ0v) is 19.7. The molecular formula is C25H36BF2NO4. The third kappa shape index (κ3) is 4.58. The van der Waals surface area contributed by atoms with Crippen LogP contribution in [-0.4, -0.2) is 49.3 Å². The first-order valence-corrected chi connectivity index (χ1v) is 12.3. The van der Waals surface area contributed by atoms with Crippen LogP contribution in [0, 0.1) is 23.2 Å².